The third kappa shape index (κ3) is 4.60. The number of nitriles is 1. The van der Waals surface area contributed by atoms with Gasteiger partial charge in [-0.3, -0.25) is 4.79 Å². The summed E-state index contributed by atoms with van der Waals surface area (Å²) in [6.07, 6.45) is 6.57. The Kier molecular flexibility index (Phi) is 6.01. The van der Waals surface area contributed by atoms with Crippen LogP contribution >= 0.6 is 11.3 Å². The van der Waals surface area contributed by atoms with Gasteiger partial charge >= 0.3 is 0 Å². The minimum atomic E-state index is -0.947. The standard InChI is InChI=1S/C24H18N4O2S/c1-30-20-10-8-18(9-11-20)22-16-31-24(27-22)21(13-25)23(29)12-7-17-14-26-28(15-17)19-5-3-2-4-6-19/h2-12,14-16,21H,1H3. The summed E-state index contributed by atoms with van der Waals surface area (Å²) in [7, 11) is 1.61. The molecule has 0 aliphatic rings. The number of methoxy groups -OCH3 is 1. The number of ether oxygens (including phenoxy) is 1. The van der Waals surface area contributed by atoms with E-state index in [0.29, 0.717) is 5.01 Å². The Morgan fingerprint density at radius 1 is 1.19 bits per heavy atom. The van der Waals surface area contributed by atoms with Gasteiger partial charge in [-0.05, 0) is 48.6 Å². The van der Waals surface area contributed by atoms with Gasteiger partial charge in [0.15, 0.2) is 11.7 Å². The zero-order valence-corrected chi connectivity index (χ0v) is 17.5. The average molecular weight is 427 g/mol. The van der Waals surface area contributed by atoms with Crippen molar-refractivity contribution in [3.05, 3.63) is 89.0 Å². The molecule has 0 N–H and O–H groups in total. The molecule has 1 atom stereocenters. The van der Waals surface area contributed by atoms with E-state index >= 15 is 0 Å². The van der Waals surface area contributed by atoms with Gasteiger partial charge in [0.05, 0.1) is 30.8 Å². The lowest BCUT2D eigenvalue weighted by Crippen LogP contribution is -2.07. The molecule has 0 amide bonds. The number of aromatic nitrogens is 3. The number of rotatable bonds is 7. The van der Waals surface area contributed by atoms with Crippen molar-refractivity contribution in [2.75, 3.05) is 7.11 Å². The number of hydrogen-bond donors (Lipinski definition) is 0. The van der Waals surface area contributed by atoms with Crippen LogP contribution < -0.4 is 4.74 Å². The van der Waals surface area contributed by atoms with Gasteiger partial charge in [0.1, 0.15) is 10.8 Å². The highest BCUT2D eigenvalue weighted by atomic mass is 32.1. The Hall–Kier alpha value is -4.02. The smallest absolute Gasteiger partial charge is 0.179 e. The molecule has 31 heavy (non-hydrogen) atoms. The summed E-state index contributed by atoms with van der Waals surface area (Å²) in [5, 5.41) is 16.2. The summed E-state index contributed by atoms with van der Waals surface area (Å²) in [6, 6.07) is 19.2. The van der Waals surface area contributed by atoms with Crippen LogP contribution in [0.25, 0.3) is 23.0 Å². The first-order chi connectivity index (χ1) is 15.2. The second-order valence-electron chi connectivity index (χ2n) is 6.65. The van der Waals surface area contributed by atoms with Crippen molar-refractivity contribution in [2.24, 2.45) is 0 Å². The second-order valence-corrected chi connectivity index (χ2v) is 7.54. The largest absolute Gasteiger partial charge is 0.497 e. The van der Waals surface area contributed by atoms with Crippen LogP contribution in [0.4, 0.5) is 0 Å². The van der Waals surface area contributed by atoms with Crippen LogP contribution in [-0.2, 0) is 4.79 Å². The first-order valence-corrected chi connectivity index (χ1v) is 10.4. The van der Waals surface area contributed by atoms with E-state index in [2.05, 4.69) is 16.2 Å². The van der Waals surface area contributed by atoms with E-state index in [0.717, 1.165) is 28.3 Å². The molecule has 152 valence electrons. The molecule has 0 bridgehead atoms. The highest BCUT2D eigenvalue weighted by Gasteiger charge is 2.22. The minimum Gasteiger partial charge on any atom is -0.497 e. The number of carbonyl (C=O) groups excluding carboxylic acids is 1. The lowest BCUT2D eigenvalue weighted by Gasteiger charge is -2.02. The number of allylic oxidation sites excluding steroid dienone is 1. The van der Waals surface area contributed by atoms with Gasteiger partial charge in [-0.25, -0.2) is 9.67 Å². The van der Waals surface area contributed by atoms with Crippen LogP contribution in [0.5, 0.6) is 5.75 Å². The van der Waals surface area contributed by atoms with Crippen molar-refractivity contribution in [3.63, 3.8) is 0 Å². The molecule has 4 aromatic rings. The van der Waals surface area contributed by atoms with Crippen molar-refractivity contribution < 1.29 is 9.53 Å². The molecule has 0 saturated carbocycles. The van der Waals surface area contributed by atoms with Gasteiger partial charge in [-0.1, -0.05) is 18.2 Å². The van der Waals surface area contributed by atoms with Gasteiger partial charge in [0, 0.05) is 22.7 Å². The van der Waals surface area contributed by atoms with Crippen molar-refractivity contribution in [3.8, 4) is 28.8 Å². The van der Waals surface area contributed by atoms with E-state index in [1.807, 2.05) is 66.2 Å². The summed E-state index contributed by atoms with van der Waals surface area (Å²) >= 11 is 1.30. The van der Waals surface area contributed by atoms with Gasteiger partial charge in [-0.15, -0.1) is 11.3 Å². The summed E-state index contributed by atoms with van der Waals surface area (Å²) in [4.78, 5) is 17.2. The fourth-order valence-electron chi connectivity index (χ4n) is 2.97. The molecule has 0 aliphatic heterocycles. The van der Waals surface area contributed by atoms with Crippen LogP contribution in [0.15, 0.2) is 78.4 Å². The number of ketones is 1. The third-order valence-corrected chi connectivity index (χ3v) is 5.54. The predicted octanol–water partition coefficient (Wildman–Crippen LogP) is 4.89. The molecule has 0 spiro atoms. The van der Waals surface area contributed by atoms with Crippen LogP contribution in [-0.4, -0.2) is 27.7 Å². The summed E-state index contributed by atoms with van der Waals surface area (Å²) in [5.41, 5.74) is 3.32. The van der Waals surface area contributed by atoms with Gasteiger partial charge < -0.3 is 4.74 Å². The molecule has 0 radical (unpaired) electrons. The molecule has 4 rings (SSSR count). The fraction of sp³-hybridized carbons (Fsp3) is 0.0833. The molecule has 0 saturated heterocycles. The van der Waals surface area contributed by atoms with Crippen molar-refractivity contribution in [2.45, 2.75) is 5.92 Å². The van der Waals surface area contributed by atoms with E-state index in [1.54, 1.807) is 24.1 Å². The van der Waals surface area contributed by atoms with E-state index in [-0.39, 0.29) is 5.78 Å². The topological polar surface area (TPSA) is 80.8 Å². The zero-order chi connectivity index (χ0) is 21.6. The van der Waals surface area contributed by atoms with Gasteiger partial charge in [0.2, 0.25) is 0 Å². The van der Waals surface area contributed by atoms with Crippen LogP contribution in [0.2, 0.25) is 0 Å². The molecular weight excluding hydrogens is 408 g/mol. The molecule has 2 aromatic carbocycles. The number of carbonyl (C=O) groups is 1. The van der Waals surface area contributed by atoms with Crippen LogP contribution in [0, 0.1) is 11.3 Å². The normalized spacial score (nSPS) is 11.9. The number of nitrogens with zero attached hydrogens (tertiary/aromatic N) is 4. The number of para-hydroxylation sites is 1. The Labute approximate surface area is 183 Å². The lowest BCUT2D eigenvalue weighted by atomic mass is 10.1. The second kappa shape index (κ2) is 9.20. The number of thiazole rings is 1. The molecule has 2 heterocycles. The number of benzene rings is 2. The third-order valence-electron chi connectivity index (χ3n) is 4.63. The maximum Gasteiger partial charge on any atom is 0.179 e. The molecule has 0 aliphatic carbocycles. The Morgan fingerprint density at radius 3 is 2.68 bits per heavy atom. The SMILES string of the molecule is COc1ccc(-c2csc(C(C#N)C(=O)C=Cc3cnn(-c4ccccc4)c3)n2)cc1. The van der Waals surface area contributed by atoms with E-state index in [1.165, 1.54) is 17.4 Å². The van der Waals surface area contributed by atoms with E-state index in [9.17, 15) is 10.1 Å². The Balaban J connectivity index is 1.48. The maximum absolute atomic E-state index is 12.7. The quantitative estimate of drug-likeness (QED) is 0.393. The van der Waals surface area contributed by atoms with Crippen molar-refractivity contribution in [1.29, 1.82) is 5.26 Å². The number of hydrogen-bond acceptors (Lipinski definition) is 6. The van der Waals surface area contributed by atoms with Crippen LogP contribution in [0.1, 0.15) is 16.5 Å². The molecule has 1 unspecified atom stereocenters. The first-order valence-electron chi connectivity index (χ1n) is 9.49. The minimum absolute atomic E-state index is 0.314. The monoisotopic (exact) mass is 426 g/mol. The van der Waals surface area contributed by atoms with E-state index < -0.39 is 5.92 Å². The zero-order valence-electron chi connectivity index (χ0n) is 16.7. The molecule has 7 heteroatoms. The highest BCUT2D eigenvalue weighted by molar-refractivity contribution is 7.10. The predicted molar refractivity (Wildman–Crippen MR) is 120 cm³/mol. The van der Waals surface area contributed by atoms with E-state index in [4.69, 9.17) is 4.74 Å². The van der Waals surface area contributed by atoms with Crippen LogP contribution in [0.3, 0.4) is 0 Å². The summed E-state index contributed by atoms with van der Waals surface area (Å²) in [5.74, 6) is -0.506. The van der Waals surface area contributed by atoms with Crippen molar-refractivity contribution >= 4 is 23.2 Å². The van der Waals surface area contributed by atoms with Gasteiger partial charge in [-0.2, -0.15) is 10.4 Å². The Bertz CT molecular complexity index is 1250. The fourth-order valence-corrected chi connectivity index (χ4v) is 3.85. The summed E-state index contributed by atoms with van der Waals surface area (Å²) < 4.78 is 6.90. The Morgan fingerprint density at radius 2 is 1.97 bits per heavy atom. The molecular formula is C24H18N4O2S. The highest BCUT2D eigenvalue weighted by Crippen LogP contribution is 2.28. The average Bonchev–Trinajstić information content (AvgIpc) is 3.49. The first kappa shape index (κ1) is 20.3. The molecule has 6 nitrogen and oxygen atoms in total. The van der Waals surface area contributed by atoms with Gasteiger partial charge in [0.25, 0.3) is 0 Å². The lowest BCUT2D eigenvalue weighted by molar-refractivity contribution is -0.114. The summed E-state index contributed by atoms with van der Waals surface area (Å²) in [6.45, 7) is 0. The molecule has 0 fully saturated rings. The molecule has 2 aromatic heterocycles. The maximum atomic E-state index is 12.7. The van der Waals surface area contributed by atoms with Crippen molar-refractivity contribution in [1.82, 2.24) is 14.8 Å².